The summed E-state index contributed by atoms with van der Waals surface area (Å²) in [6.45, 7) is 1.93. The van der Waals surface area contributed by atoms with Gasteiger partial charge in [-0.15, -0.1) is 0 Å². The number of carbonyl (C=O) groups is 2. The number of halogens is 1. The molecule has 1 aromatic heterocycles. The molecule has 0 unspecified atom stereocenters. The van der Waals surface area contributed by atoms with E-state index in [-0.39, 0.29) is 17.8 Å². The van der Waals surface area contributed by atoms with Crippen LogP contribution in [-0.2, 0) is 22.6 Å². The molecule has 0 saturated carbocycles. The van der Waals surface area contributed by atoms with E-state index in [1.54, 1.807) is 42.5 Å². The van der Waals surface area contributed by atoms with Crippen molar-refractivity contribution in [2.24, 2.45) is 0 Å². The fraction of sp³-hybridized carbons (Fsp3) is 0.333. The maximum atomic E-state index is 13.7. The fourth-order valence-corrected chi connectivity index (χ4v) is 3.31. The molecule has 0 aliphatic heterocycles. The van der Waals surface area contributed by atoms with Gasteiger partial charge in [-0.2, -0.15) is 5.10 Å². The van der Waals surface area contributed by atoms with Crippen LogP contribution < -0.4 is 10.9 Å². The van der Waals surface area contributed by atoms with Gasteiger partial charge in [-0.1, -0.05) is 62.6 Å². The van der Waals surface area contributed by atoms with Gasteiger partial charge in [-0.3, -0.25) is 9.59 Å². The Bertz CT molecular complexity index is 1160. The van der Waals surface area contributed by atoms with Gasteiger partial charge in [0.25, 0.3) is 11.5 Å². The molecule has 1 heterocycles. The number of esters is 1. The second-order valence-electron chi connectivity index (χ2n) is 7.43. The van der Waals surface area contributed by atoms with Crippen molar-refractivity contribution in [3.05, 3.63) is 76.0 Å². The van der Waals surface area contributed by atoms with Gasteiger partial charge in [-0.25, -0.2) is 13.9 Å². The highest BCUT2D eigenvalue weighted by Gasteiger charge is 2.19. The third kappa shape index (κ3) is 5.78. The second-order valence-corrected chi connectivity index (χ2v) is 7.43. The SMILES string of the molecule is CCCCCCn1nc(C(=O)OCC(=O)NCc2ccccc2F)c2ccccc2c1=O. The Morgan fingerprint density at radius 2 is 1.75 bits per heavy atom. The first-order valence-electron chi connectivity index (χ1n) is 10.7. The van der Waals surface area contributed by atoms with Crippen molar-refractivity contribution >= 4 is 22.6 Å². The molecule has 0 bridgehead atoms. The maximum Gasteiger partial charge on any atom is 0.359 e. The Morgan fingerprint density at radius 3 is 2.50 bits per heavy atom. The van der Waals surface area contributed by atoms with Gasteiger partial charge in [0.1, 0.15) is 5.82 Å². The normalized spacial score (nSPS) is 10.8. The van der Waals surface area contributed by atoms with Crippen molar-refractivity contribution in [3.63, 3.8) is 0 Å². The van der Waals surface area contributed by atoms with E-state index in [0.717, 1.165) is 25.7 Å². The van der Waals surface area contributed by atoms with Crippen molar-refractivity contribution in [1.82, 2.24) is 15.1 Å². The minimum Gasteiger partial charge on any atom is -0.451 e. The number of nitrogens with zero attached hydrogens (tertiary/aromatic N) is 2. The Morgan fingerprint density at radius 1 is 1.03 bits per heavy atom. The Balaban J connectivity index is 1.69. The minimum atomic E-state index is -0.801. The Kier molecular flexibility index (Phi) is 8.08. The molecule has 0 radical (unpaired) electrons. The molecule has 1 N–H and O–H groups in total. The van der Waals surface area contributed by atoms with Crippen LogP contribution in [0.4, 0.5) is 4.39 Å². The molecule has 0 saturated heterocycles. The number of amides is 1. The zero-order valence-electron chi connectivity index (χ0n) is 18.0. The third-order valence-corrected chi connectivity index (χ3v) is 5.05. The summed E-state index contributed by atoms with van der Waals surface area (Å²) in [6, 6.07) is 12.8. The van der Waals surface area contributed by atoms with Gasteiger partial charge in [0.05, 0.1) is 5.39 Å². The fourth-order valence-electron chi connectivity index (χ4n) is 3.31. The molecule has 2 aromatic carbocycles. The van der Waals surface area contributed by atoms with E-state index < -0.39 is 24.3 Å². The number of fused-ring (bicyclic) bond motifs is 1. The standard InChI is InChI=1S/C24H26FN3O4/c1-2-3-4-9-14-28-23(30)19-12-7-6-11-18(19)22(27-28)24(31)32-16-21(29)26-15-17-10-5-8-13-20(17)25/h5-8,10-13H,2-4,9,14-16H2,1H3,(H,26,29). The average Bonchev–Trinajstić information content (AvgIpc) is 2.81. The van der Waals surface area contributed by atoms with Gasteiger partial charge in [0.2, 0.25) is 0 Å². The number of rotatable bonds is 10. The summed E-state index contributed by atoms with van der Waals surface area (Å²) in [5.41, 5.74) is 0.0452. The average molecular weight is 439 g/mol. The molecule has 32 heavy (non-hydrogen) atoms. The lowest BCUT2D eigenvalue weighted by Crippen LogP contribution is -2.30. The maximum absolute atomic E-state index is 13.7. The van der Waals surface area contributed by atoms with Gasteiger partial charge < -0.3 is 10.1 Å². The number of benzene rings is 2. The van der Waals surface area contributed by atoms with Crippen molar-refractivity contribution < 1.29 is 18.7 Å². The number of hydrogen-bond donors (Lipinski definition) is 1. The van der Waals surface area contributed by atoms with Crippen LogP contribution >= 0.6 is 0 Å². The number of aromatic nitrogens is 2. The summed E-state index contributed by atoms with van der Waals surface area (Å²) < 4.78 is 20.1. The zero-order valence-corrected chi connectivity index (χ0v) is 18.0. The Labute approximate surface area is 185 Å². The van der Waals surface area contributed by atoms with Gasteiger partial charge in [0, 0.05) is 24.0 Å². The topological polar surface area (TPSA) is 90.3 Å². The molecule has 3 aromatic rings. The summed E-state index contributed by atoms with van der Waals surface area (Å²) in [7, 11) is 0. The van der Waals surface area contributed by atoms with Crippen LogP contribution in [0.25, 0.3) is 10.8 Å². The Hall–Kier alpha value is -3.55. The van der Waals surface area contributed by atoms with E-state index in [2.05, 4.69) is 17.3 Å². The quantitative estimate of drug-likeness (QED) is 0.385. The van der Waals surface area contributed by atoms with Crippen molar-refractivity contribution in [2.45, 2.75) is 45.7 Å². The number of nitrogens with one attached hydrogen (secondary N) is 1. The van der Waals surface area contributed by atoms with Gasteiger partial charge >= 0.3 is 5.97 Å². The highest BCUT2D eigenvalue weighted by Crippen LogP contribution is 2.15. The lowest BCUT2D eigenvalue weighted by molar-refractivity contribution is -0.124. The number of unbranched alkanes of at least 4 members (excludes halogenated alkanes) is 3. The highest BCUT2D eigenvalue weighted by atomic mass is 19.1. The van der Waals surface area contributed by atoms with E-state index in [1.165, 1.54) is 10.7 Å². The van der Waals surface area contributed by atoms with Crippen LogP contribution in [0.5, 0.6) is 0 Å². The molecule has 168 valence electrons. The first-order valence-corrected chi connectivity index (χ1v) is 10.7. The third-order valence-electron chi connectivity index (χ3n) is 5.05. The summed E-state index contributed by atoms with van der Waals surface area (Å²) in [5.74, 6) is -1.80. The first-order chi connectivity index (χ1) is 15.5. The lowest BCUT2D eigenvalue weighted by atomic mass is 10.1. The van der Waals surface area contributed by atoms with Crippen LogP contribution in [0.3, 0.4) is 0 Å². The minimum absolute atomic E-state index is 0.0161. The molecule has 3 rings (SSSR count). The number of carbonyl (C=O) groups excluding carboxylic acids is 2. The van der Waals surface area contributed by atoms with E-state index >= 15 is 0 Å². The predicted molar refractivity (Wildman–Crippen MR) is 119 cm³/mol. The van der Waals surface area contributed by atoms with Crippen LogP contribution in [0.2, 0.25) is 0 Å². The monoisotopic (exact) mass is 439 g/mol. The molecule has 0 aliphatic rings. The van der Waals surface area contributed by atoms with Crippen LogP contribution in [0, 0.1) is 5.82 Å². The molecular weight excluding hydrogens is 413 g/mol. The number of ether oxygens (including phenoxy) is 1. The van der Waals surface area contributed by atoms with E-state index in [1.807, 2.05) is 0 Å². The van der Waals surface area contributed by atoms with Crippen molar-refractivity contribution in [3.8, 4) is 0 Å². The first kappa shape index (κ1) is 23.1. The molecule has 0 fully saturated rings. The smallest absolute Gasteiger partial charge is 0.359 e. The van der Waals surface area contributed by atoms with E-state index in [9.17, 15) is 18.8 Å². The van der Waals surface area contributed by atoms with Crippen molar-refractivity contribution in [2.75, 3.05) is 6.61 Å². The zero-order chi connectivity index (χ0) is 22.9. The highest BCUT2D eigenvalue weighted by molar-refractivity contribution is 6.02. The number of hydrogen-bond acceptors (Lipinski definition) is 5. The van der Waals surface area contributed by atoms with Crippen molar-refractivity contribution in [1.29, 1.82) is 0 Å². The largest absolute Gasteiger partial charge is 0.451 e. The van der Waals surface area contributed by atoms with E-state index in [0.29, 0.717) is 22.9 Å². The summed E-state index contributed by atoms with van der Waals surface area (Å²) in [6.07, 6.45) is 3.85. The molecule has 7 nitrogen and oxygen atoms in total. The van der Waals surface area contributed by atoms with Gasteiger partial charge in [0.15, 0.2) is 12.3 Å². The van der Waals surface area contributed by atoms with Crippen LogP contribution in [0.1, 0.15) is 48.7 Å². The van der Waals surface area contributed by atoms with Crippen LogP contribution in [0.15, 0.2) is 53.3 Å². The molecule has 0 aliphatic carbocycles. The van der Waals surface area contributed by atoms with Gasteiger partial charge in [-0.05, 0) is 18.6 Å². The predicted octanol–water partition coefficient (Wildman–Crippen LogP) is 3.59. The molecular formula is C24H26FN3O4. The van der Waals surface area contributed by atoms with Crippen LogP contribution in [-0.4, -0.2) is 28.3 Å². The summed E-state index contributed by atoms with van der Waals surface area (Å²) >= 11 is 0. The van der Waals surface area contributed by atoms with E-state index in [4.69, 9.17) is 4.74 Å². The molecule has 0 spiro atoms. The lowest BCUT2D eigenvalue weighted by Gasteiger charge is -2.11. The summed E-state index contributed by atoms with van der Waals surface area (Å²) in [5, 5.41) is 7.49. The molecule has 1 amide bonds. The second kappa shape index (κ2) is 11.2. The molecule has 0 atom stereocenters. The number of aryl methyl sites for hydroxylation is 1. The summed E-state index contributed by atoms with van der Waals surface area (Å²) in [4.78, 5) is 37.5. The molecule has 8 heteroatoms.